The highest BCUT2D eigenvalue weighted by Gasteiger charge is 2.04. The summed E-state index contributed by atoms with van der Waals surface area (Å²) >= 11 is 0. The highest BCUT2D eigenvalue weighted by Crippen LogP contribution is 2.17. The van der Waals surface area contributed by atoms with Gasteiger partial charge >= 0.3 is 0 Å². The first kappa shape index (κ1) is 8.01. The largest absolute Gasteiger partial charge is 0.391 e. The zero-order valence-corrected chi connectivity index (χ0v) is 6.26. The molecule has 0 atom stereocenters. The Morgan fingerprint density at radius 2 is 2.27 bits per heavy atom. The second-order valence-corrected chi connectivity index (χ2v) is 2.17. The van der Waals surface area contributed by atoms with E-state index >= 15 is 0 Å². The Bertz CT molecular complexity index is 250. The summed E-state index contributed by atoms with van der Waals surface area (Å²) in [6.45, 7) is -0.275. The molecule has 0 spiro atoms. The van der Waals surface area contributed by atoms with Gasteiger partial charge in [0.25, 0.3) is 0 Å². The van der Waals surface area contributed by atoms with Gasteiger partial charge in [-0.2, -0.15) is 0 Å². The lowest BCUT2D eigenvalue weighted by molar-refractivity contribution is 0.276. The van der Waals surface area contributed by atoms with Gasteiger partial charge in [0.1, 0.15) is 5.82 Å². The summed E-state index contributed by atoms with van der Waals surface area (Å²) in [5.41, 5.74) is 0.947. The van der Waals surface area contributed by atoms with E-state index in [9.17, 15) is 4.39 Å². The molecular weight excluding hydrogens is 145 g/mol. The first-order chi connectivity index (χ1) is 5.29. The average Bonchev–Trinajstić information content (AvgIpc) is 2.04. The van der Waals surface area contributed by atoms with Crippen LogP contribution in [0.3, 0.4) is 0 Å². The molecule has 0 aliphatic rings. The van der Waals surface area contributed by atoms with E-state index in [2.05, 4.69) is 5.32 Å². The van der Waals surface area contributed by atoms with Crippen LogP contribution in [0, 0.1) is 5.82 Å². The van der Waals surface area contributed by atoms with Crippen LogP contribution in [0.5, 0.6) is 0 Å². The van der Waals surface area contributed by atoms with Crippen LogP contribution >= 0.6 is 0 Å². The Balaban J connectivity index is 3.13. The predicted molar refractivity (Wildman–Crippen MR) is 41.9 cm³/mol. The summed E-state index contributed by atoms with van der Waals surface area (Å²) in [5, 5.41) is 11.5. The van der Waals surface area contributed by atoms with Crippen LogP contribution in [0.4, 0.5) is 10.1 Å². The van der Waals surface area contributed by atoms with Gasteiger partial charge in [-0.3, -0.25) is 0 Å². The fourth-order valence-electron chi connectivity index (χ4n) is 0.954. The number of hydrogen-bond donors (Lipinski definition) is 2. The molecule has 0 heterocycles. The molecule has 0 bridgehead atoms. The maximum absolute atomic E-state index is 12.8. The quantitative estimate of drug-likeness (QED) is 0.675. The highest BCUT2D eigenvalue weighted by molar-refractivity contribution is 5.50. The summed E-state index contributed by atoms with van der Waals surface area (Å²) < 4.78 is 12.8. The van der Waals surface area contributed by atoms with Crippen LogP contribution in [0.2, 0.25) is 0 Å². The fourth-order valence-corrected chi connectivity index (χ4v) is 0.954. The summed E-state index contributed by atoms with van der Waals surface area (Å²) in [6, 6.07) is 4.64. The summed E-state index contributed by atoms with van der Waals surface area (Å²) in [6.07, 6.45) is 0. The lowest BCUT2D eigenvalue weighted by Crippen LogP contribution is -1.97. The first-order valence-electron chi connectivity index (χ1n) is 3.35. The summed E-state index contributed by atoms with van der Waals surface area (Å²) in [7, 11) is 1.69. The van der Waals surface area contributed by atoms with Crippen molar-refractivity contribution in [2.24, 2.45) is 0 Å². The van der Waals surface area contributed by atoms with Gasteiger partial charge in [0, 0.05) is 18.3 Å². The predicted octanol–water partition coefficient (Wildman–Crippen LogP) is 1.36. The molecule has 0 unspecified atom stereocenters. The number of hydrogen-bond acceptors (Lipinski definition) is 2. The van der Waals surface area contributed by atoms with Gasteiger partial charge in [0.15, 0.2) is 0 Å². The van der Waals surface area contributed by atoms with E-state index in [4.69, 9.17) is 5.11 Å². The Morgan fingerprint density at radius 3 is 2.73 bits per heavy atom. The smallest absolute Gasteiger partial charge is 0.130 e. The average molecular weight is 155 g/mol. The standard InChI is InChI=1S/C8H10FNO/c1-10-8-4-2-3-7(9)6(8)5-11/h2-4,10-11H,5H2,1H3. The maximum Gasteiger partial charge on any atom is 0.130 e. The zero-order valence-electron chi connectivity index (χ0n) is 6.26. The molecule has 60 valence electrons. The molecule has 0 amide bonds. The molecule has 2 nitrogen and oxygen atoms in total. The molecule has 0 saturated heterocycles. The Morgan fingerprint density at radius 1 is 1.55 bits per heavy atom. The molecule has 0 radical (unpaired) electrons. The zero-order chi connectivity index (χ0) is 8.27. The van der Waals surface area contributed by atoms with Gasteiger partial charge in [0.05, 0.1) is 6.61 Å². The normalized spacial score (nSPS) is 9.73. The van der Waals surface area contributed by atoms with Crippen molar-refractivity contribution in [2.45, 2.75) is 6.61 Å². The van der Waals surface area contributed by atoms with Gasteiger partial charge in [-0.15, -0.1) is 0 Å². The van der Waals surface area contributed by atoms with Crippen molar-refractivity contribution >= 4 is 5.69 Å². The molecule has 0 aliphatic carbocycles. The van der Waals surface area contributed by atoms with E-state index in [1.807, 2.05) is 0 Å². The molecule has 0 aromatic heterocycles. The van der Waals surface area contributed by atoms with E-state index in [1.165, 1.54) is 6.07 Å². The monoisotopic (exact) mass is 155 g/mol. The van der Waals surface area contributed by atoms with Crippen molar-refractivity contribution in [1.82, 2.24) is 0 Å². The third-order valence-corrected chi connectivity index (χ3v) is 1.55. The summed E-state index contributed by atoms with van der Waals surface area (Å²) in [5.74, 6) is -0.376. The van der Waals surface area contributed by atoms with Crippen molar-refractivity contribution in [3.05, 3.63) is 29.6 Å². The Labute approximate surface area is 64.7 Å². The molecule has 3 heteroatoms. The van der Waals surface area contributed by atoms with Crippen LogP contribution in [0.25, 0.3) is 0 Å². The lowest BCUT2D eigenvalue weighted by atomic mass is 10.2. The number of nitrogens with one attached hydrogen (secondary N) is 1. The molecule has 1 rings (SSSR count). The van der Waals surface area contributed by atoms with Crippen molar-refractivity contribution in [3.63, 3.8) is 0 Å². The van der Waals surface area contributed by atoms with Gasteiger partial charge < -0.3 is 10.4 Å². The van der Waals surface area contributed by atoms with Crippen LogP contribution in [0.15, 0.2) is 18.2 Å². The number of halogens is 1. The van der Waals surface area contributed by atoms with Crippen LogP contribution in [-0.2, 0) is 6.61 Å². The molecule has 1 aromatic rings. The maximum atomic E-state index is 12.8. The van der Waals surface area contributed by atoms with E-state index in [0.29, 0.717) is 11.3 Å². The molecule has 0 saturated carbocycles. The number of rotatable bonds is 2. The SMILES string of the molecule is CNc1cccc(F)c1CO. The second kappa shape index (κ2) is 3.34. The number of aliphatic hydroxyl groups is 1. The second-order valence-electron chi connectivity index (χ2n) is 2.17. The lowest BCUT2D eigenvalue weighted by Gasteiger charge is -2.06. The number of anilines is 1. The topological polar surface area (TPSA) is 32.3 Å². The van der Waals surface area contributed by atoms with Crippen LogP contribution < -0.4 is 5.32 Å². The van der Waals surface area contributed by atoms with E-state index in [-0.39, 0.29) is 12.4 Å². The van der Waals surface area contributed by atoms with E-state index in [0.717, 1.165) is 0 Å². The molecule has 1 aromatic carbocycles. The highest BCUT2D eigenvalue weighted by atomic mass is 19.1. The minimum atomic E-state index is -0.376. The van der Waals surface area contributed by atoms with Gasteiger partial charge in [0.2, 0.25) is 0 Å². The molecule has 11 heavy (non-hydrogen) atoms. The van der Waals surface area contributed by atoms with Gasteiger partial charge in [-0.1, -0.05) is 6.07 Å². The molecule has 2 N–H and O–H groups in total. The van der Waals surface area contributed by atoms with Crippen molar-refractivity contribution < 1.29 is 9.50 Å². The number of aliphatic hydroxyl groups excluding tert-OH is 1. The van der Waals surface area contributed by atoms with Crippen molar-refractivity contribution in [3.8, 4) is 0 Å². The van der Waals surface area contributed by atoms with Gasteiger partial charge in [-0.25, -0.2) is 4.39 Å². The van der Waals surface area contributed by atoms with Crippen LogP contribution in [0.1, 0.15) is 5.56 Å². The minimum Gasteiger partial charge on any atom is -0.391 e. The molecule has 0 fully saturated rings. The summed E-state index contributed by atoms with van der Waals surface area (Å²) in [4.78, 5) is 0. The van der Waals surface area contributed by atoms with E-state index in [1.54, 1.807) is 19.2 Å². The molecular formula is C8H10FNO. The van der Waals surface area contributed by atoms with Crippen molar-refractivity contribution in [1.29, 1.82) is 0 Å². The first-order valence-corrected chi connectivity index (χ1v) is 3.35. The molecule has 0 aliphatic heterocycles. The minimum absolute atomic E-state index is 0.275. The number of benzene rings is 1. The third-order valence-electron chi connectivity index (χ3n) is 1.55. The van der Waals surface area contributed by atoms with Gasteiger partial charge in [-0.05, 0) is 12.1 Å². The Hall–Kier alpha value is -1.09. The Kier molecular flexibility index (Phi) is 2.44. The van der Waals surface area contributed by atoms with Crippen molar-refractivity contribution in [2.75, 3.05) is 12.4 Å². The third kappa shape index (κ3) is 1.49. The fraction of sp³-hybridized carbons (Fsp3) is 0.250. The van der Waals surface area contributed by atoms with Crippen LogP contribution in [-0.4, -0.2) is 12.2 Å². The van der Waals surface area contributed by atoms with E-state index < -0.39 is 0 Å².